The van der Waals surface area contributed by atoms with Gasteiger partial charge >= 0.3 is 6.09 Å². The van der Waals surface area contributed by atoms with Crippen LogP contribution in [0.25, 0.3) is 0 Å². The number of imide groups is 1. The number of hydrogen-bond donors (Lipinski definition) is 1. The minimum Gasteiger partial charge on any atom is -0.489 e. The molecule has 2 heterocycles. The molecule has 2 aromatic rings. The molecule has 1 unspecified atom stereocenters. The van der Waals surface area contributed by atoms with Gasteiger partial charge in [0, 0.05) is 31.1 Å². The third kappa shape index (κ3) is 5.67. The summed E-state index contributed by atoms with van der Waals surface area (Å²) in [4.78, 5) is 52.0. The van der Waals surface area contributed by atoms with E-state index in [2.05, 4.69) is 5.32 Å². The summed E-state index contributed by atoms with van der Waals surface area (Å²) in [5.74, 6) is -0.396. The lowest BCUT2D eigenvalue weighted by Gasteiger charge is -2.29. The van der Waals surface area contributed by atoms with Crippen LogP contribution in [0.2, 0.25) is 0 Å². The molecule has 1 fully saturated rings. The fourth-order valence-corrected chi connectivity index (χ4v) is 4.27. The molecular formula is C27H31N3O6. The van der Waals surface area contributed by atoms with Crippen molar-refractivity contribution in [1.82, 2.24) is 15.1 Å². The molecule has 2 aliphatic rings. The summed E-state index contributed by atoms with van der Waals surface area (Å²) in [7, 11) is 1.69. The Morgan fingerprint density at radius 3 is 2.44 bits per heavy atom. The van der Waals surface area contributed by atoms with Crippen LogP contribution in [0.5, 0.6) is 5.75 Å². The normalized spacial score (nSPS) is 17.5. The van der Waals surface area contributed by atoms with Crippen molar-refractivity contribution in [3.05, 3.63) is 64.7 Å². The molecule has 0 aromatic heterocycles. The Morgan fingerprint density at radius 2 is 1.78 bits per heavy atom. The Labute approximate surface area is 210 Å². The van der Waals surface area contributed by atoms with E-state index in [1.54, 1.807) is 19.2 Å². The van der Waals surface area contributed by atoms with Crippen molar-refractivity contribution in [2.24, 2.45) is 0 Å². The van der Waals surface area contributed by atoms with Crippen molar-refractivity contribution < 1.29 is 28.7 Å². The van der Waals surface area contributed by atoms with Crippen molar-refractivity contribution in [3.63, 3.8) is 0 Å². The van der Waals surface area contributed by atoms with Gasteiger partial charge in [0.25, 0.3) is 5.91 Å². The maximum atomic E-state index is 13.0. The molecule has 190 valence electrons. The summed E-state index contributed by atoms with van der Waals surface area (Å²) < 4.78 is 11.4. The molecule has 1 atom stereocenters. The molecule has 2 aliphatic heterocycles. The van der Waals surface area contributed by atoms with Gasteiger partial charge in [0.15, 0.2) is 0 Å². The smallest absolute Gasteiger partial charge is 0.410 e. The number of ether oxygens (including phenoxy) is 2. The van der Waals surface area contributed by atoms with Gasteiger partial charge in [-0.3, -0.25) is 19.7 Å². The van der Waals surface area contributed by atoms with Crippen LogP contribution in [0.3, 0.4) is 0 Å². The monoisotopic (exact) mass is 493 g/mol. The molecule has 9 nitrogen and oxygen atoms in total. The summed E-state index contributed by atoms with van der Waals surface area (Å²) in [6.07, 6.45) is 0.146. The third-order valence-corrected chi connectivity index (χ3v) is 6.08. The van der Waals surface area contributed by atoms with E-state index >= 15 is 0 Å². The first kappa shape index (κ1) is 25.2. The molecule has 1 N–H and O–H groups in total. The number of piperidine rings is 1. The lowest BCUT2D eigenvalue weighted by atomic mass is 10.0. The number of amides is 4. The predicted molar refractivity (Wildman–Crippen MR) is 131 cm³/mol. The van der Waals surface area contributed by atoms with Crippen molar-refractivity contribution >= 4 is 23.8 Å². The SMILES string of the molecule is CN(Cc1ccc(COc2cccc3c2CN(C2CCC(=O)NC2=O)C3=O)cc1)C(=O)OC(C)(C)C. The molecule has 0 saturated carbocycles. The number of nitrogens with one attached hydrogen (secondary N) is 1. The van der Waals surface area contributed by atoms with E-state index in [9.17, 15) is 19.2 Å². The van der Waals surface area contributed by atoms with Gasteiger partial charge in [0.1, 0.15) is 24.0 Å². The quantitative estimate of drug-likeness (QED) is 0.619. The molecule has 1 saturated heterocycles. The zero-order chi connectivity index (χ0) is 26.0. The van der Waals surface area contributed by atoms with Crippen molar-refractivity contribution in [3.8, 4) is 5.75 Å². The standard InChI is InChI=1S/C27H31N3O6/c1-27(2,3)36-26(34)29(4)14-17-8-10-18(11-9-17)16-35-22-7-5-6-19-20(22)15-30(25(19)33)21-12-13-23(31)28-24(21)32/h5-11,21H,12-16H2,1-4H3,(H,28,31,32). The summed E-state index contributed by atoms with van der Waals surface area (Å²) in [5.41, 5.74) is 2.59. The number of nitrogens with zero attached hydrogens (tertiary/aromatic N) is 2. The maximum Gasteiger partial charge on any atom is 0.410 e. The molecule has 0 bridgehead atoms. The van der Waals surface area contributed by atoms with E-state index in [0.29, 0.717) is 30.9 Å². The highest BCUT2D eigenvalue weighted by Crippen LogP contribution is 2.34. The number of rotatable bonds is 6. The number of carbonyl (C=O) groups is 4. The van der Waals surface area contributed by atoms with Crippen LogP contribution in [0.15, 0.2) is 42.5 Å². The highest BCUT2D eigenvalue weighted by molar-refractivity contribution is 6.05. The number of benzene rings is 2. The van der Waals surface area contributed by atoms with E-state index < -0.39 is 17.6 Å². The van der Waals surface area contributed by atoms with Crippen LogP contribution in [0, 0.1) is 0 Å². The first-order valence-electron chi connectivity index (χ1n) is 11.9. The van der Waals surface area contributed by atoms with Crippen LogP contribution >= 0.6 is 0 Å². The van der Waals surface area contributed by atoms with Crippen molar-refractivity contribution in [2.75, 3.05) is 7.05 Å². The van der Waals surface area contributed by atoms with Gasteiger partial charge in [-0.05, 0) is 50.5 Å². The fraction of sp³-hybridized carbons (Fsp3) is 0.407. The molecule has 0 aliphatic carbocycles. The largest absolute Gasteiger partial charge is 0.489 e. The maximum absolute atomic E-state index is 13.0. The molecule has 0 radical (unpaired) electrons. The Hall–Kier alpha value is -3.88. The number of hydrogen-bond acceptors (Lipinski definition) is 6. The number of carbonyl (C=O) groups excluding carboxylic acids is 4. The minimum atomic E-state index is -0.665. The summed E-state index contributed by atoms with van der Waals surface area (Å²) in [5, 5.41) is 2.32. The van der Waals surface area contributed by atoms with E-state index in [-0.39, 0.29) is 30.9 Å². The van der Waals surface area contributed by atoms with Crippen LogP contribution in [-0.4, -0.2) is 52.3 Å². The van der Waals surface area contributed by atoms with Gasteiger partial charge in [-0.25, -0.2) is 4.79 Å². The second-order valence-electron chi connectivity index (χ2n) is 10.1. The first-order chi connectivity index (χ1) is 17.0. The second kappa shape index (κ2) is 10.0. The van der Waals surface area contributed by atoms with E-state index in [0.717, 1.165) is 16.7 Å². The van der Waals surface area contributed by atoms with E-state index in [1.165, 1.54) is 9.80 Å². The number of fused-ring (bicyclic) bond motifs is 1. The van der Waals surface area contributed by atoms with Gasteiger partial charge in [0.05, 0.1) is 6.54 Å². The Balaban J connectivity index is 1.37. The minimum absolute atomic E-state index is 0.212. The molecular weight excluding hydrogens is 462 g/mol. The van der Waals surface area contributed by atoms with E-state index in [1.807, 2.05) is 51.1 Å². The van der Waals surface area contributed by atoms with Gasteiger partial charge in [0.2, 0.25) is 11.8 Å². The van der Waals surface area contributed by atoms with Gasteiger partial charge < -0.3 is 19.3 Å². The van der Waals surface area contributed by atoms with Crippen LogP contribution < -0.4 is 10.1 Å². The molecule has 4 rings (SSSR count). The predicted octanol–water partition coefficient (Wildman–Crippen LogP) is 3.39. The van der Waals surface area contributed by atoms with Crippen molar-refractivity contribution in [2.45, 2.75) is 65.0 Å². The van der Waals surface area contributed by atoms with E-state index in [4.69, 9.17) is 9.47 Å². The summed E-state index contributed by atoms with van der Waals surface area (Å²) in [6, 6.07) is 12.4. The lowest BCUT2D eigenvalue weighted by Crippen LogP contribution is -2.52. The molecule has 0 spiro atoms. The lowest BCUT2D eigenvalue weighted by molar-refractivity contribution is -0.136. The van der Waals surface area contributed by atoms with Crippen LogP contribution in [-0.2, 0) is 34.0 Å². The third-order valence-electron chi connectivity index (χ3n) is 6.08. The zero-order valence-electron chi connectivity index (χ0n) is 21.0. The first-order valence-corrected chi connectivity index (χ1v) is 11.9. The van der Waals surface area contributed by atoms with Crippen LogP contribution in [0.4, 0.5) is 4.79 Å². The Kier molecular flexibility index (Phi) is 7.01. The zero-order valence-corrected chi connectivity index (χ0v) is 21.0. The van der Waals surface area contributed by atoms with Crippen molar-refractivity contribution in [1.29, 1.82) is 0 Å². The summed E-state index contributed by atoms with van der Waals surface area (Å²) in [6.45, 7) is 6.46. The topological polar surface area (TPSA) is 105 Å². The Morgan fingerprint density at radius 1 is 1.08 bits per heavy atom. The van der Waals surface area contributed by atoms with Gasteiger partial charge in [-0.15, -0.1) is 0 Å². The molecule has 4 amide bonds. The average Bonchev–Trinajstić information content (AvgIpc) is 3.14. The highest BCUT2D eigenvalue weighted by atomic mass is 16.6. The van der Waals surface area contributed by atoms with Crippen LogP contribution in [0.1, 0.15) is 60.7 Å². The molecule has 2 aromatic carbocycles. The Bertz CT molecular complexity index is 1180. The highest BCUT2D eigenvalue weighted by Gasteiger charge is 2.40. The summed E-state index contributed by atoms with van der Waals surface area (Å²) >= 11 is 0. The average molecular weight is 494 g/mol. The fourth-order valence-electron chi connectivity index (χ4n) is 4.27. The second-order valence-corrected chi connectivity index (χ2v) is 10.1. The molecule has 36 heavy (non-hydrogen) atoms. The van der Waals surface area contributed by atoms with Gasteiger partial charge in [-0.1, -0.05) is 30.3 Å². The molecule has 9 heteroatoms. The van der Waals surface area contributed by atoms with Gasteiger partial charge in [-0.2, -0.15) is 0 Å².